The molecule has 0 spiro atoms. The molecule has 0 aliphatic carbocycles. The fraction of sp³-hybridized carbons (Fsp3) is 0.500. The lowest BCUT2D eigenvalue weighted by atomic mass is 10.2. The highest BCUT2D eigenvalue weighted by atomic mass is 16.2. The molecule has 0 radical (unpaired) electrons. The normalized spacial score (nSPS) is 13.5. The van der Waals surface area contributed by atoms with Crippen molar-refractivity contribution in [3.63, 3.8) is 0 Å². The van der Waals surface area contributed by atoms with Gasteiger partial charge in [-0.25, -0.2) is 4.79 Å². The second-order valence-electron chi connectivity index (χ2n) is 3.04. The first-order chi connectivity index (χ1) is 6.84. The maximum Gasteiger partial charge on any atom is 0.322 e. The molecule has 4 nitrogen and oxygen atoms in total. The van der Waals surface area contributed by atoms with Crippen LogP contribution in [0.25, 0.3) is 0 Å². The predicted molar refractivity (Wildman–Crippen MR) is 55.1 cm³/mol. The summed E-state index contributed by atoms with van der Waals surface area (Å²) in [7, 11) is 0. The largest absolute Gasteiger partial charge is 0.372 e. The van der Waals surface area contributed by atoms with Crippen molar-refractivity contribution in [1.29, 1.82) is 0 Å². The third-order valence-electron chi connectivity index (χ3n) is 1.92. The molecule has 0 aromatic carbocycles. The molecule has 0 atom stereocenters. The molecule has 0 fully saturated rings. The van der Waals surface area contributed by atoms with Crippen LogP contribution in [0.15, 0.2) is 12.4 Å². The molecule has 1 heterocycles. The van der Waals surface area contributed by atoms with Crippen LogP contribution in [0.2, 0.25) is 0 Å². The molecule has 0 aromatic heterocycles. The van der Waals surface area contributed by atoms with E-state index >= 15 is 0 Å². The summed E-state index contributed by atoms with van der Waals surface area (Å²) in [5.74, 6) is 2.57. The zero-order valence-corrected chi connectivity index (χ0v) is 8.12. The van der Waals surface area contributed by atoms with Gasteiger partial charge in [0.1, 0.15) is 0 Å². The van der Waals surface area contributed by atoms with Crippen LogP contribution in [-0.2, 0) is 0 Å². The van der Waals surface area contributed by atoms with E-state index in [1.807, 2.05) is 0 Å². The molecule has 14 heavy (non-hydrogen) atoms. The molecule has 1 aliphatic rings. The number of nitrogens with one attached hydrogen (secondary N) is 2. The summed E-state index contributed by atoms with van der Waals surface area (Å²) in [6, 6.07) is -0.0630. The average Bonchev–Trinajstić information content (AvgIpc) is 2.70. The fourth-order valence-corrected chi connectivity index (χ4v) is 1.13. The van der Waals surface area contributed by atoms with Gasteiger partial charge in [0.05, 0.1) is 6.67 Å². The first-order valence-corrected chi connectivity index (χ1v) is 4.72. The Morgan fingerprint density at radius 3 is 3.14 bits per heavy atom. The molecule has 0 aromatic rings. The monoisotopic (exact) mass is 193 g/mol. The Morgan fingerprint density at radius 1 is 1.64 bits per heavy atom. The van der Waals surface area contributed by atoms with Gasteiger partial charge >= 0.3 is 6.03 Å². The van der Waals surface area contributed by atoms with Gasteiger partial charge in [-0.3, -0.25) is 4.90 Å². The third kappa shape index (κ3) is 3.40. The van der Waals surface area contributed by atoms with Gasteiger partial charge in [-0.05, 0) is 12.8 Å². The zero-order chi connectivity index (χ0) is 10.2. The second kappa shape index (κ2) is 5.92. The minimum Gasteiger partial charge on any atom is -0.372 e. The molecule has 1 aliphatic heterocycles. The van der Waals surface area contributed by atoms with Crippen LogP contribution < -0.4 is 10.6 Å². The summed E-state index contributed by atoms with van der Waals surface area (Å²) in [5, 5.41) is 5.73. The Balaban J connectivity index is 2.04. The summed E-state index contributed by atoms with van der Waals surface area (Å²) in [4.78, 5) is 12.9. The Hall–Kier alpha value is -1.63. The highest BCUT2D eigenvalue weighted by Gasteiger charge is 2.11. The molecule has 0 saturated carbocycles. The lowest BCUT2D eigenvalue weighted by molar-refractivity contribution is 0.216. The van der Waals surface area contributed by atoms with Crippen LogP contribution in [0.3, 0.4) is 0 Å². The van der Waals surface area contributed by atoms with Gasteiger partial charge in [-0.1, -0.05) is 0 Å². The number of amides is 2. The van der Waals surface area contributed by atoms with E-state index in [1.165, 1.54) is 0 Å². The van der Waals surface area contributed by atoms with Crippen LogP contribution in [0, 0.1) is 12.3 Å². The SMILES string of the molecule is C#CCCCCNC(=O)N1C=CNC1. The van der Waals surface area contributed by atoms with Crippen molar-refractivity contribution >= 4 is 6.03 Å². The number of carbonyl (C=O) groups is 1. The quantitative estimate of drug-likeness (QED) is 0.513. The molecule has 0 unspecified atom stereocenters. The van der Waals surface area contributed by atoms with Crippen molar-refractivity contribution in [2.45, 2.75) is 19.3 Å². The predicted octanol–water partition coefficient (Wildman–Crippen LogP) is 0.833. The highest BCUT2D eigenvalue weighted by molar-refractivity contribution is 5.75. The topological polar surface area (TPSA) is 44.4 Å². The zero-order valence-electron chi connectivity index (χ0n) is 8.12. The van der Waals surface area contributed by atoms with Gasteiger partial charge in [-0.15, -0.1) is 12.3 Å². The number of nitrogens with zero attached hydrogens (tertiary/aromatic N) is 1. The number of terminal acetylenes is 1. The minimum atomic E-state index is -0.0630. The third-order valence-corrected chi connectivity index (χ3v) is 1.92. The first-order valence-electron chi connectivity index (χ1n) is 4.72. The van der Waals surface area contributed by atoms with E-state index in [0.29, 0.717) is 13.2 Å². The smallest absolute Gasteiger partial charge is 0.322 e. The average molecular weight is 193 g/mol. The van der Waals surface area contributed by atoms with Gasteiger partial charge in [0, 0.05) is 25.4 Å². The molecule has 1 rings (SSSR count). The minimum absolute atomic E-state index is 0.0630. The molecule has 76 valence electrons. The number of urea groups is 1. The molecular weight excluding hydrogens is 178 g/mol. The summed E-state index contributed by atoms with van der Waals surface area (Å²) < 4.78 is 0. The maximum absolute atomic E-state index is 11.4. The van der Waals surface area contributed by atoms with Crippen LogP contribution in [0.1, 0.15) is 19.3 Å². The van der Waals surface area contributed by atoms with Gasteiger partial charge in [-0.2, -0.15) is 0 Å². The standard InChI is InChI=1S/C10H15N3O/c1-2-3-4-5-6-12-10(14)13-8-7-11-9-13/h1,7-8,11H,3-6,9H2,(H,12,14). The number of rotatable bonds is 4. The van der Waals surface area contributed by atoms with Crippen LogP contribution in [0.5, 0.6) is 0 Å². The first kappa shape index (κ1) is 10.5. The molecule has 2 N–H and O–H groups in total. The van der Waals surface area contributed by atoms with E-state index < -0.39 is 0 Å². The van der Waals surface area contributed by atoms with E-state index in [4.69, 9.17) is 6.42 Å². The molecular formula is C10H15N3O. The highest BCUT2D eigenvalue weighted by Crippen LogP contribution is 1.96. The van der Waals surface area contributed by atoms with E-state index in [2.05, 4.69) is 16.6 Å². The van der Waals surface area contributed by atoms with Gasteiger partial charge in [0.2, 0.25) is 0 Å². The Labute approximate surface area is 84.3 Å². The lowest BCUT2D eigenvalue weighted by Crippen LogP contribution is -2.37. The molecule has 0 bridgehead atoms. The number of carbonyl (C=O) groups excluding carboxylic acids is 1. The van der Waals surface area contributed by atoms with Crippen molar-refractivity contribution in [2.75, 3.05) is 13.2 Å². The summed E-state index contributed by atoms with van der Waals surface area (Å²) in [6.45, 7) is 1.24. The van der Waals surface area contributed by atoms with Crippen LogP contribution >= 0.6 is 0 Å². The molecule has 0 saturated heterocycles. The van der Waals surface area contributed by atoms with E-state index in [9.17, 15) is 4.79 Å². The Kier molecular flexibility index (Phi) is 4.42. The van der Waals surface area contributed by atoms with Gasteiger partial charge in [0.15, 0.2) is 0 Å². The van der Waals surface area contributed by atoms with Gasteiger partial charge < -0.3 is 10.6 Å². The number of hydrogen-bond donors (Lipinski definition) is 2. The lowest BCUT2D eigenvalue weighted by Gasteiger charge is -2.13. The van der Waals surface area contributed by atoms with Crippen molar-refractivity contribution in [2.24, 2.45) is 0 Å². The van der Waals surface area contributed by atoms with Crippen molar-refractivity contribution in [3.8, 4) is 12.3 Å². The van der Waals surface area contributed by atoms with Gasteiger partial charge in [0.25, 0.3) is 0 Å². The van der Waals surface area contributed by atoms with Crippen LogP contribution in [0.4, 0.5) is 4.79 Å². The Bertz CT molecular complexity index is 255. The fourth-order valence-electron chi connectivity index (χ4n) is 1.13. The van der Waals surface area contributed by atoms with E-state index in [0.717, 1.165) is 19.3 Å². The summed E-state index contributed by atoms with van der Waals surface area (Å²) >= 11 is 0. The van der Waals surface area contributed by atoms with E-state index in [-0.39, 0.29) is 6.03 Å². The molecule has 2 amide bonds. The van der Waals surface area contributed by atoms with Crippen molar-refractivity contribution in [1.82, 2.24) is 15.5 Å². The maximum atomic E-state index is 11.4. The second-order valence-corrected chi connectivity index (χ2v) is 3.04. The van der Waals surface area contributed by atoms with E-state index in [1.54, 1.807) is 17.3 Å². The number of unbranched alkanes of at least 4 members (excludes halogenated alkanes) is 2. The Morgan fingerprint density at radius 2 is 2.50 bits per heavy atom. The molecule has 4 heteroatoms. The summed E-state index contributed by atoms with van der Waals surface area (Å²) in [6.07, 6.45) is 11.2. The van der Waals surface area contributed by atoms with Crippen molar-refractivity contribution in [3.05, 3.63) is 12.4 Å². The van der Waals surface area contributed by atoms with Crippen molar-refractivity contribution < 1.29 is 4.79 Å². The summed E-state index contributed by atoms with van der Waals surface area (Å²) in [5.41, 5.74) is 0. The number of hydrogen-bond acceptors (Lipinski definition) is 2. The van der Waals surface area contributed by atoms with Crippen LogP contribution in [-0.4, -0.2) is 24.1 Å².